The fourth-order valence-electron chi connectivity index (χ4n) is 2.05. The lowest BCUT2D eigenvalue weighted by Gasteiger charge is -2.30. The van der Waals surface area contributed by atoms with E-state index in [9.17, 15) is 0 Å². The lowest BCUT2D eigenvalue weighted by atomic mass is 10.4. The SMILES string of the molecule is Cc1cc(C)nc(N=C(N)NN2CC[NH+](C)CC2)n1.[Cl-]. The van der Waals surface area contributed by atoms with Crippen LogP contribution >= 0.6 is 0 Å². The van der Waals surface area contributed by atoms with Gasteiger partial charge < -0.3 is 23.0 Å². The van der Waals surface area contributed by atoms with Crippen molar-refractivity contribution in [1.29, 1.82) is 0 Å². The number of nitrogens with one attached hydrogen (secondary N) is 2. The normalized spacial score (nSPS) is 17.6. The minimum atomic E-state index is 0. The number of rotatable bonds is 2. The molecule has 1 fully saturated rings. The van der Waals surface area contributed by atoms with E-state index in [2.05, 4.69) is 32.4 Å². The number of piperazine rings is 1. The number of nitrogens with two attached hydrogens (primary N) is 1. The Hall–Kier alpha value is -1.44. The number of aryl methyl sites for hydroxylation is 2. The molecule has 0 radical (unpaired) electrons. The van der Waals surface area contributed by atoms with Crippen LogP contribution in [-0.4, -0.2) is 54.2 Å². The largest absolute Gasteiger partial charge is 1.00 e. The molecule has 20 heavy (non-hydrogen) atoms. The van der Waals surface area contributed by atoms with E-state index in [1.807, 2.05) is 19.9 Å². The highest BCUT2D eigenvalue weighted by molar-refractivity contribution is 5.79. The first-order valence-corrected chi connectivity index (χ1v) is 6.52. The summed E-state index contributed by atoms with van der Waals surface area (Å²) in [6.45, 7) is 7.94. The van der Waals surface area contributed by atoms with Gasteiger partial charge in [0, 0.05) is 11.4 Å². The van der Waals surface area contributed by atoms with Crippen LogP contribution in [0.5, 0.6) is 0 Å². The van der Waals surface area contributed by atoms with E-state index in [0.29, 0.717) is 11.9 Å². The third-order valence-corrected chi connectivity index (χ3v) is 3.08. The third-order valence-electron chi connectivity index (χ3n) is 3.08. The van der Waals surface area contributed by atoms with Gasteiger partial charge in [-0.2, -0.15) is 4.99 Å². The molecule has 0 atom stereocenters. The summed E-state index contributed by atoms with van der Waals surface area (Å²) in [5, 5.41) is 2.08. The van der Waals surface area contributed by atoms with Gasteiger partial charge >= 0.3 is 0 Å². The molecule has 112 valence electrons. The molecule has 0 bridgehead atoms. The number of guanidine groups is 1. The van der Waals surface area contributed by atoms with Gasteiger partial charge in [0.1, 0.15) is 0 Å². The van der Waals surface area contributed by atoms with Crippen molar-refractivity contribution in [2.75, 3.05) is 33.2 Å². The third kappa shape index (κ3) is 4.92. The standard InChI is InChI=1S/C12H21N7.ClH/c1-9-8-10(2)15-12(14-9)16-11(13)17-19-6-4-18(3)5-7-19;/h8H,4-7H2,1-3H3,(H3,13,14,15,16,17);1H. The molecule has 8 heteroatoms. The molecular weight excluding hydrogens is 278 g/mol. The summed E-state index contributed by atoms with van der Waals surface area (Å²) in [6.07, 6.45) is 0. The molecule has 0 unspecified atom stereocenters. The Morgan fingerprint density at radius 2 is 1.85 bits per heavy atom. The topological polar surface area (TPSA) is 83.9 Å². The quantitative estimate of drug-likeness (QED) is 0.378. The van der Waals surface area contributed by atoms with Gasteiger partial charge in [-0.3, -0.25) is 5.43 Å². The smallest absolute Gasteiger partial charge is 0.253 e. The number of aromatic nitrogens is 2. The van der Waals surface area contributed by atoms with E-state index in [0.717, 1.165) is 37.6 Å². The molecule has 4 N–H and O–H groups in total. The van der Waals surface area contributed by atoms with Crippen LogP contribution in [0, 0.1) is 13.8 Å². The first kappa shape index (κ1) is 16.6. The first-order valence-electron chi connectivity index (χ1n) is 6.52. The van der Waals surface area contributed by atoms with Gasteiger partial charge in [-0.1, -0.05) is 0 Å². The van der Waals surface area contributed by atoms with Crippen LogP contribution in [0.3, 0.4) is 0 Å². The highest BCUT2D eigenvalue weighted by Crippen LogP contribution is 2.06. The van der Waals surface area contributed by atoms with Crippen molar-refractivity contribution < 1.29 is 17.3 Å². The van der Waals surface area contributed by atoms with Gasteiger partial charge in [-0.05, 0) is 19.9 Å². The predicted molar refractivity (Wildman–Crippen MR) is 74.1 cm³/mol. The molecule has 0 aromatic carbocycles. The minimum Gasteiger partial charge on any atom is -1.00 e. The zero-order valence-electron chi connectivity index (χ0n) is 12.1. The molecule has 0 spiro atoms. The molecule has 0 aliphatic carbocycles. The fourth-order valence-corrected chi connectivity index (χ4v) is 2.05. The van der Waals surface area contributed by atoms with Crippen molar-refractivity contribution in [3.8, 4) is 0 Å². The van der Waals surface area contributed by atoms with Crippen molar-refractivity contribution in [3.05, 3.63) is 17.5 Å². The number of halogens is 1. The van der Waals surface area contributed by atoms with Crippen molar-refractivity contribution >= 4 is 11.9 Å². The molecule has 0 saturated carbocycles. The van der Waals surface area contributed by atoms with Gasteiger partial charge in [-0.25, -0.2) is 15.0 Å². The van der Waals surface area contributed by atoms with Crippen molar-refractivity contribution in [3.63, 3.8) is 0 Å². The van der Waals surface area contributed by atoms with Crippen LogP contribution in [0.2, 0.25) is 0 Å². The average molecular weight is 300 g/mol. The number of hydrogen-bond donors (Lipinski definition) is 3. The lowest BCUT2D eigenvalue weighted by molar-refractivity contribution is -0.884. The molecule has 2 heterocycles. The number of hydrogen-bond acceptors (Lipinski definition) is 4. The maximum atomic E-state index is 5.88. The van der Waals surface area contributed by atoms with E-state index in [4.69, 9.17) is 5.73 Å². The van der Waals surface area contributed by atoms with Crippen LogP contribution in [0.15, 0.2) is 11.1 Å². The first-order chi connectivity index (χ1) is 9.02. The summed E-state index contributed by atoms with van der Waals surface area (Å²) >= 11 is 0. The predicted octanol–water partition coefficient (Wildman–Crippen LogP) is -4.62. The van der Waals surface area contributed by atoms with Crippen molar-refractivity contribution in [2.45, 2.75) is 13.8 Å². The Balaban J connectivity index is 0.00000200. The van der Waals surface area contributed by atoms with E-state index in [1.54, 1.807) is 0 Å². The van der Waals surface area contributed by atoms with E-state index >= 15 is 0 Å². The number of nitrogens with zero attached hydrogens (tertiary/aromatic N) is 4. The lowest BCUT2D eigenvalue weighted by Crippen LogP contribution is -3.12. The van der Waals surface area contributed by atoms with Crippen LogP contribution in [0.1, 0.15) is 11.4 Å². The zero-order chi connectivity index (χ0) is 13.8. The van der Waals surface area contributed by atoms with Crippen molar-refractivity contribution in [2.24, 2.45) is 10.7 Å². The molecule has 0 amide bonds. The molecule has 1 saturated heterocycles. The highest BCUT2D eigenvalue weighted by atomic mass is 35.5. The van der Waals surface area contributed by atoms with Gasteiger partial charge in [0.15, 0.2) is 0 Å². The maximum Gasteiger partial charge on any atom is 0.253 e. The Labute approximate surface area is 125 Å². The van der Waals surface area contributed by atoms with Crippen LogP contribution in [0.25, 0.3) is 0 Å². The number of quaternary nitrogens is 1. The fraction of sp³-hybridized carbons (Fsp3) is 0.583. The second-order valence-corrected chi connectivity index (χ2v) is 5.00. The average Bonchev–Trinajstić information content (AvgIpc) is 2.30. The Morgan fingerprint density at radius 1 is 1.30 bits per heavy atom. The summed E-state index contributed by atoms with van der Waals surface area (Å²) in [7, 11) is 2.19. The second-order valence-electron chi connectivity index (χ2n) is 5.00. The van der Waals surface area contributed by atoms with E-state index in [1.165, 1.54) is 4.90 Å². The van der Waals surface area contributed by atoms with Gasteiger partial charge in [0.25, 0.3) is 5.95 Å². The summed E-state index contributed by atoms with van der Waals surface area (Å²) in [5.74, 6) is 0.742. The summed E-state index contributed by atoms with van der Waals surface area (Å²) in [5.41, 5.74) is 10.8. The summed E-state index contributed by atoms with van der Waals surface area (Å²) < 4.78 is 0. The van der Waals surface area contributed by atoms with Crippen LogP contribution < -0.4 is 28.5 Å². The summed E-state index contributed by atoms with van der Waals surface area (Å²) in [4.78, 5) is 14.2. The highest BCUT2D eigenvalue weighted by Gasteiger charge is 2.16. The van der Waals surface area contributed by atoms with E-state index in [-0.39, 0.29) is 12.4 Å². The monoisotopic (exact) mass is 299 g/mol. The summed E-state index contributed by atoms with van der Waals surface area (Å²) in [6, 6.07) is 1.91. The van der Waals surface area contributed by atoms with Gasteiger partial charge in [0.2, 0.25) is 5.96 Å². The Morgan fingerprint density at radius 3 is 2.40 bits per heavy atom. The molecule has 1 aromatic rings. The van der Waals surface area contributed by atoms with E-state index < -0.39 is 0 Å². The Bertz CT molecular complexity index is 449. The molecular formula is C12H22ClN7. The maximum absolute atomic E-state index is 5.88. The molecule has 7 nitrogen and oxygen atoms in total. The molecule has 1 aromatic heterocycles. The Kier molecular flexibility index (Phi) is 6.12. The van der Waals surface area contributed by atoms with Crippen LogP contribution in [-0.2, 0) is 0 Å². The molecule has 1 aliphatic rings. The number of hydrazine groups is 1. The molecule has 1 aliphatic heterocycles. The number of likely N-dealkylation sites (N-methyl/N-ethyl adjacent to an activating group) is 1. The zero-order valence-corrected chi connectivity index (χ0v) is 12.9. The van der Waals surface area contributed by atoms with Gasteiger partial charge in [0.05, 0.1) is 33.2 Å². The van der Waals surface area contributed by atoms with Gasteiger partial charge in [-0.15, -0.1) is 0 Å². The second kappa shape index (κ2) is 7.37. The van der Waals surface area contributed by atoms with Crippen molar-refractivity contribution in [1.82, 2.24) is 20.4 Å². The molecule has 2 rings (SSSR count). The minimum absolute atomic E-state index is 0. The van der Waals surface area contributed by atoms with Crippen LogP contribution in [0.4, 0.5) is 5.95 Å². The number of aliphatic imine (C=N–C) groups is 1.